The molecule has 3 rings (SSSR count). The van der Waals surface area contributed by atoms with Gasteiger partial charge in [-0.15, -0.1) is 0 Å². The summed E-state index contributed by atoms with van der Waals surface area (Å²) in [6, 6.07) is 8.20. The van der Waals surface area contributed by atoms with Gasteiger partial charge in [0.15, 0.2) is 0 Å². The lowest BCUT2D eigenvalue weighted by atomic mass is 10.1. The van der Waals surface area contributed by atoms with E-state index in [1.54, 1.807) is 6.08 Å². The first-order chi connectivity index (χ1) is 10.1. The van der Waals surface area contributed by atoms with E-state index in [1.165, 1.54) is 32.0 Å². The summed E-state index contributed by atoms with van der Waals surface area (Å²) < 4.78 is 0. The minimum atomic E-state index is -0.217. The number of rotatable bonds is 2. The number of hydrogen-bond donors (Lipinski definition) is 0. The van der Waals surface area contributed by atoms with Gasteiger partial charge < -0.3 is 4.90 Å². The first-order valence-electron chi connectivity index (χ1n) is 7.22. The number of thioether (sulfide) groups is 1. The van der Waals surface area contributed by atoms with Gasteiger partial charge in [0.1, 0.15) is 0 Å². The lowest BCUT2D eigenvalue weighted by Gasteiger charge is -2.28. The molecule has 0 radical (unpaired) electrons. The second-order valence-electron chi connectivity index (χ2n) is 5.38. The van der Waals surface area contributed by atoms with E-state index in [0.29, 0.717) is 4.91 Å². The van der Waals surface area contributed by atoms with E-state index in [2.05, 4.69) is 17.0 Å². The van der Waals surface area contributed by atoms with Crippen molar-refractivity contribution in [1.82, 2.24) is 4.90 Å². The fourth-order valence-corrected chi connectivity index (χ4v) is 3.46. The molecule has 0 aromatic heterocycles. The summed E-state index contributed by atoms with van der Waals surface area (Å²) in [7, 11) is 1.51. The van der Waals surface area contributed by atoms with Crippen LogP contribution in [0.3, 0.4) is 0 Å². The van der Waals surface area contributed by atoms with Crippen LogP contribution in [0.2, 0.25) is 0 Å². The third kappa shape index (κ3) is 2.97. The van der Waals surface area contributed by atoms with Gasteiger partial charge in [-0.25, -0.2) is 0 Å². The number of imide groups is 1. The Balaban J connectivity index is 1.75. The molecule has 0 spiro atoms. The van der Waals surface area contributed by atoms with Gasteiger partial charge in [0.25, 0.3) is 11.1 Å². The van der Waals surface area contributed by atoms with Crippen LogP contribution in [0, 0.1) is 0 Å². The number of hydrogen-bond acceptors (Lipinski definition) is 4. The zero-order chi connectivity index (χ0) is 14.8. The molecule has 2 aliphatic heterocycles. The summed E-state index contributed by atoms with van der Waals surface area (Å²) >= 11 is 0.997. The van der Waals surface area contributed by atoms with E-state index < -0.39 is 0 Å². The lowest BCUT2D eigenvalue weighted by Crippen LogP contribution is -2.29. The van der Waals surface area contributed by atoms with Gasteiger partial charge in [-0.2, -0.15) is 0 Å². The number of nitrogens with zero attached hydrogens (tertiary/aromatic N) is 2. The zero-order valence-electron chi connectivity index (χ0n) is 12.0. The average molecular weight is 302 g/mol. The number of carbonyl (C=O) groups is 2. The third-order valence-corrected chi connectivity index (χ3v) is 4.86. The fourth-order valence-electron chi connectivity index (χ4n) is 2.63. The molecule has 2 fully saturated rings. The van der Waals surface area contributed by atoms with E-state index in [4.69, 9.17) is 0 Å². The van der Waals surface area contributed by atoms with Crippen LogP contribution < -0.4 is 4.90 Å². The maximum atomic E-state index is 11.8. The van der Waals surface area contributed by atoms with Crippen molar-refractivity contribution in [1.29, 1.82) is 0 Å². The Labute approximate surface area is 128 Å². The van der Waals surface area contributed by atoms with Gasteiger partial charge in [-0.1, -0.05) is 12.1 Å². The molecule has 21 heavy (non-hydrogen) atoms. The van der Waals surface area contributed by atoms with E-state index >= 15 is 0 Å². The summed E-state index contributed by atoms with van der Waals surface area (Å²) in [6.45, 7) is 2.24. The molecule has 110 valence electrons. The smallest absolute Gasteiger partial charge is 0.293 e. The largest absolute Gasteiger partial charge is 0.372 e. The predicted octanol–water partition coefficient (Wildman–Crippen LogP) is 3.34. The summed E-state index contributed by atoms with van der Waals surface area (Å²) in [6.07, 6.45) is 5.62. The Morgan fingerprint density at radius 2 is 1.71 bits per heavy atom. The van der Waals surface area contributed by atoms with Crippen molar-refractivity contribution in [2.24, 2.45) is 0 Å². The summed E-state index contributed by atoms with van der Waals surface area (Å²) in [5.74, 6) is -0.217. The van der Waals surface area contributed by atoms with Crippen LogP contribution in [0.1, 0.15) is 24.8 Å². The maximum Gasteiger partial charge on any atom is 0.293 e. The average Bonchev–Trinajstić information content (AvgIpc) is 2.76. The van der Waals surface area contributed by atoms with E-state index in [9.17, 15) is 9.59 Å². The van der Waals surface area contributed by atoms with Gasteiger partial charge in [-0.05, 0) is 54.8 Å². The number of benzene rings is 1. The zero-order valence-corrected chi connectivity index (χ0v) is 12.9. The first kappa shape index (κ1) is 14.2. The molecule has 4 nitrogen and oxygen atoms in total. The fraction of sp³-hybridized carbons (Fsp3) is 0.375. The molecule has 2 aliphatic rings. The Bertz CT molecular complexity index is 589. The van der Waals surface area contributed by atoms with Crippen LogP contribution in [-0.4, -0.2) is 36.2 Å². The Kier molecular flexibility index (Phi) is 4.01. The molecule has 2 amide bonds. The van der Waals surface area contributed by atoms with E-state index in [0.717, 1.165) is 35.3 Å². The number of carbonyl (C=O) groups excluding carboxylic acids is 2. The Hall–Kier alpha value is -1.75. The normalized spacial score (nSPS) is 21.5. The highest BCUT2D eigenvalue weighted by Crippen LogP contribution is 2.31. The van der Waals surface area contributed by atoms with Crippen LogP contribution in [0.4, 0.5) is 10.5 Å². The standard InChI is InChI=1S/C16H18N2O2S/c1-17-15(19)14(21-16(17)20)11-12-5-7-13(8-6-12)18-9-3-2-4-10-18/h5-8,11H,2-4,9-10H2,1H3. The third-order valence-electron chi connectivity index (χ3n) is 3.90. The highest BCUT2D eigenvalue weighted by molar-refractivity contribution is 8.18. The molecule has 2 heterocycles. The number of anilines is 1. The minimum absolute atomic E-state index is 0.212. The lowest BCUT2D eigenvalue weighted by molar-refractivity contribution is -0.121. The van der Waals surface area contributed by atoms with Crippen molar-refractivity contribution < 1.29 is 9.59 Å². The van der Waals surface area contributed by atoms with Gasteiger partial charge in [-0.3, -0.25) is 14.5 Å². The van der Waals surface area contributed by atoms with Crippen LogP contribution in [-0.2, 0) is 4.79 Å². The quantitative estimate of drug-likeness (QED) is 0.786. The predicted molar refractivity (Wildman–Crippen MR) is 86.2 cm³/mol. The molecule has 1 aromatic rings. The molecule has 0 atom stereocenters. The SMILES string of the molecule is CN1C(=O)SC(=Cc2ccc(N3CCCCC3)cc2)C1=O. The molecule has 0 N–H and O–H groups in total. The highest BCUT2D eigenvalue weighted by Gasteiger charge is 2.31. The Morgan fingerprint density at radius 1 is 1.05 bits per heavy atom. The molecule has 0 saturated carbocycles. The van der Waals surface area contributed by atoms with E-state index in [-0.39, 0.29) is 11.1 Å². The van der Waals surface area contributed by atoms with Crippen molar-refractivity contribution >= 4 is 34.7 Å². The van der Waals surface area contributed by atoms with Gasteiger partial charge >= 0.3 is 0 Å². The van der Waals surface area contributed by atoms with Crippen molar-refractivity contribution in [2.45, 2.75) is 19.3 Å². The molecule has 0 aliphatic carbocycles. The van der Waals surface area contributed by atoms with E-state index in [1.807, 2.05) is 12.1 Å². The summed E-state index contributed by atoms with van der Waals surface area (Å²) in [4.78, 5) is 27.3. The molecular weight excluding hydrogens is 284 g/mol. The molecule has 1 aromatic carbocycles. The monoisotopic (exact) mass is 302 g/mol. The molecule has 0 unspecified atom stereocenters. The molecule has 2 saturated heterocycles. The highest BCUT2D eigenvalue weighted by atomic mass is 32.2. The second kappa shape index (κ2) is 5.93. The van der Waals surface area contributed by atoms with Crippen LogP contribution in [0.25, 0.3) is 6.08 Å². The first-order valence-corrected chi connectivity index (χ1v) is 8.03. The Morgan fingerprint density at radius 3 is 2.29 bits per heavy atom. The van der Waals surface area contributed by atoms with Crippen molar-refractivity contribution in [3.05, 3.63) is 34.7 Å². The van der Waals surface area contributed by atoms with Crippen molar-refractivity contribution in [2.75, 3.05) is 25.0 Å². The molecule has 5 heteroatoms. The van der Waals surface area contributed by atoms with Crippen molar-refractivity contribution in [3.8, 4) is 0 Å². The number of likely N-dealkylation sites (N-methyl/N-ethyl adjacent to an activating group) is 1. The van der Waals surface area contributed by atoms with Crippen LogP contribution >= 0.6 is 11.8 Å². The number of amides is 2. The van der Waals surface area contributed by atoms with Crippen molar-refractivity contribution in [3.63, 3.8) is 0 Å². The summed E-state index contributed by atoms with van der Waals surface area (Å²) in [5.41, 5.74) is 2.19. The number of piperidine rings is 1. The van der Waals surface area contributed by atoms with Gasteiger partial charge in [0.2, 0.25) is 0 Å². The second-order valence-corrected chi connectivity index (χ2v) is 6.37. The maximum absolute atomic E-state index is 11.8. The van der Waals surface area contributed by atoms with Gasteiger partial charge in [0, 0.05) is 25.8 Å². The van der Waals surface area contributed by atoms with Crippen LogP contribution in [0.5, 0.6) is 0 Å². The minimum Gasteiger partial charge on any atom is -0.372 e. The topological polar surface area (TPSA) is 40.6 Å². The van der Waals surface area contributed by atoms with Gasteiger partial charge in [0.05, 0.1) is 4.91 Å². The van der Waals surface area contributed by atoms with Crippen LogP contribution in [0.15, 0.2) is 29.2 Å². The molecular formula is C16H18N2O2S. The summed E-state index contributed by atoms with van der Waals surface area (Å²) in [5, 5.41) is -0.212. The molecule has 0 bridgehead atoms.